The Hall–Kier alpha value is -2.09. The Labute approximate surface area is 127 Å². The molecule has 0 saturated carbocycles. The molecule has 0 heterocycles. The van der Waals surface area contributed by atoms with Crippen LogP contribution in [0.5, 0.6) is 0 Å². The van der Waals surface area contributed by atoms with Crippen LogP contribution in [0.25, 0.3) is 0 Å². The molecular weight excluding hydrogens is 314 g/mol. The van der Waals surface area contributed by atoms with E-state index >= 15 is 0 Å². The zero-order valence-electron chi connectivity index (χ0n) is 10.7. The summed E-state index contributed by atoms with van der Waals surface area (Å²) in [6.45, 7) is 0. The van der Waals surface area contributed by atoms with Crippen molar-refractivity contribution in [2.75, 3.05) is 5.32 Å². The maximum atomic E-state index is 11.9. The summed E-state index contributed by atoms with van der Waals surface area (Å²) >= 11 is 5.72. The molecule has 0 radical (unpaired) electrons. The Morgan fingerprint density at radius 1 is 0.952 bits per heavy atom. The van der Waals surface area contributed by atoms with Crippen molar-refractivity contribution in [3.8, 4) is 0 Å². The monoisotopic (exact) mass is 325 g/mol. The summed E-state index contributed by atoms with van der Waals surface area (Å²) in [7, 11) is -3.80. The van der Waals surface area contributed by atoms with Crippen molar-refractivity contribution in [3.63, 3.8) is 0 Å². The Balaban J connectivity index is 1.93. The molecule has 21 heavy (non-hydrogen) atoms. The van der Waals surface area contributed by atoms with Gasteiger partial charge in [0, 0.05) is 10.7 Å². The van der Waals surface area contributed by atoms with E-state index in [1.165, 1.54) is 12.1 Å². The van der Waals surface area contributed by atoms with Gasteiger partial charge in [0.2, 0.25) is 0 Å². The summed E-state index contributed by atoms with van der Waals surface area (Å²) in [6, 6.07) is 13.4. The number of hydrogen-bond donors (Lipinski definition) is 3. The number of halogens is 1. The second-order valence-corrected chi connectivity index (χ2v) is 6.12. The molecule has 8 heteroatoms. The quantitative estimate of drug-likeness (QED) is 0.754. The van der Waals surface area contributed by atoms with Gasteiger partial charge in [0.05, 0.1) is 4.90 Å². The molecule has 0 spiro atoms. The summed E-state index contributed by atoms with van der Waals surface area (Å²) in [5, 5.41) is 2.99. The highest BCUT2D eigenvalue weighted by atomic mass is 35.5. The maximum Gasteiger partial charge on any atom is 0.334 e. The number of anilines is 1. The van der Waals surface area contributed by atoms with Gasteiger partial charge >= 0.3 is 6.03 Å². The largest absolute Gasteiger partial charge is 0.334 e. The van der Waals surface area contributed by atoms with E-state index in [2.05, 4.69) is 10.7 Å². The van der Waals surface area contributed by atoms with Crippen LogP contribution in [0.1, 0.15) is 0 Å². The number of hydrogen-bond acceptors (Lipinski definition) is 3. The molecule has 2 aromatic rings. The van der Waals surface area contributed by atoms with Gasteiger partial charge in [0.25, 0.3) is 10.0 Å². The lowest BCUT2D eigenvalue weighted by atomic mass is 10.3. The van der Waals surface area contributed by atoms with Gasteiger partial charge in [-0.05, 0) is 36.4 Å². The fourth-order valence-electron chi connectivity index (χ4n) is 1.47. The van der Waals surface area contributed by atoms with Crippen molar-refractivity contribution in [3.05, 3.63) is 59.6 Å². The van der Waals surface area contributed by atoms with Crippen molar-refractivity contribution < 1.29 is 13.2 Å². The van der Waals surface area contributed by atoms with Crippen LogP contribution in [0.2, 0.25) is 5.02 Å². The number of rotatable bonds is 4. The fraction of sp³-hybridized carbons (Fsp3) is 0. The smallest absolute Gasteiger partial charge is 0.307 e. The van der Waals surface area contributed by atoms with Gasteiger partial charge in [0.1, 0.15) is 0 Å². The molecule has 0 saturated heterocycles. The van der Waals surface area contributed by atoms with E-state index < -0.39 is 16.1 Å². The van der Waals surface area contributed by atoms with Crippen molar-refractivity contribution >= 4 is 33.3 Å². The average Bonchev–Trinajstić information content (AvgIpc) is 2.49. The highest BCUT2D eigenvalue weighted by Gasteiger charge is 2.14. The molecule has 0 atom stereocenters. The first-order valence-corrected chi connectivity index (χ1v) is 7.73. The molecule has 2 aromatic carbocycles. The lowest BCUT2D eigenvalue weighted by Crippen LogP contribution is -2.43. The number of benzene rings is 2. The van der Waals surface area contributed by atoms with E-state index in [0.717, 1.165) is 0 Å². The molecule has 2 amide bonds. The van der Waals surface area contributed by atoms with Crippen LogP contribution in [-0.2, 0) is 10.0 Å². The van der Waals surface area contributed by atoms with E-state index in [-0.39, 0.29) is 4.90 Å². The fourth-order valence-corrected chi connectivity index (χ4v) is 2.45. The molecule has 0 aliphatic carbocycles. The molecule has 0 aliphatic heterocycles. The van der Waals surface area contributed by atoms with Gasteiger partial charge in [0.15, 0.2) is 0 Å². The Morgan fingerprint density at radius 2 is 1.57 bits per heavy atom. The summed E-state index contributed by atoms with van der Waals surface area (Å²) in [5.74, 6) is 0. The van der Waals surface area contributed by atoms with Crippen LogP contribution >= 0.6 is 11.6 Å². The van der Waals surface area contributed by atoms with Crippen LogP contribution in [0, 0.1) is 0 Å². The topological polar surface area (TPSA) is 87.3 Å². The normalized spacial score (nSPS) is 10.9. The predicted octanol–water partition coefficient (Wildman–Crippen LogP) is 2.36. The third-order valence-corrected chi connectivity index (χ3v) is 3.97. The van der Waals surface area contributed by atoms with Gasteiger partial charge < -0.3 is 5.32 Å². The highest BCUT2D eigenvalue weighted by molar-refractivity contribution is 7.89. The van der Waals surface area contributed by atoms with Crippen LogP contribution < -0.4 is 15.6 Å². The van der Waals surface area contributed by atoms with Gasteiger partial charge in [-0.1, -0.05) is 29.8 Å². The number of hydrazine groups is 1. The Kier molecular flexibility index (Phi) is 4.79. The standard InChI is InChI=1S/C13H12ClN3O3S/c14-10-6-8-11(9-7-10)15-13(18)16-17-21(19,20)12-4-2-1-3-5-12/h1-9,17H,(H2,15,16,18). The Morgan fingerprint density at radius 3 is 2.19 bits per heavy atom. The van der Waals surface area contributed by atoms with Crippen LogP contribution in [0.3, 0.4) is 0 Å². The van der Waals surface area contributed by atoms with E-state index in [0.29, 0.717) is 10.7 Å². The second kappa shape index (κ2) is 6.57. The van der Waals surface area contributed by atoms with Crippen LogP contribution in [0.4, 0.5) is 10.5 Å². The summed E-state index contributed by atoms with van der Waals surface area (Å²) < 4.78 is 23.7. The summed E-state index contributed by atoms with van der Waals surface area (Å²) in [4.78, 5) is 13.6. The third kappa shape index (κ3) is 4.45. The number of nitrogens with one attached hydrogen (secondary N) is 3. The summed E-state index contributed by atoms with van der Waals surface area (Å²) in [6.07, 6.45) is 0. The SMILES string of the molecule is O=C(NNS(=O)(=O)c1ccccc1)Nc1ccc(Cl)cc1. The Bertz CT molecular complexity index is 718. The van der Waals surface area contributed by atoms with Crippen molar-refractivity contribution in [2.24, 2.45) is 0 Å². The molecule has 0 unspecified atom stereocenters. The van der Waals surface area contributed by atoms with Crippen LogP contribution in [-0.4, -0.2) is 14.4 Å². The van der Waals surface area contributed by atoms with E-state index in [4.69, 9.17) is 11.6 Å². The zero-order valence-corrected chi connectivity index (χ0v) is 12.3. The number of sulfonamides is 1. The van der Waals surface area contributed by atoms with Gasteiger partial charge in [-0.25, -0.2) is 13.2 Å². The highest BCUT2D eigenvalue weighted by Crippen LogP contribution is 2.13. The van der Waals surface area contributed by atoms with Gasteiger partial charge in [-0.3, -0.25) is 5.43 Å². The number of amides is 2. The van der Waals surface area contributed by atoms with E-state index in [9.17, 15) is 13.2 Å². The van der Waals surface area contributed by atoms with Crippen LogP contribution in [0.15, 0.2) is 59.5 Å². The molecule has 3 N–H and O–H groups in total. The minimum absolute atomic E-state index is 0.0526. The molecule has 0 bridgehead atoms. The first kappa shape index (κ1) is 15.3. The van der Waals surface area contributed by atoms with E-state index in [1.807, 2.05) is 4.83 Å². The number of urea groups is 1. The maximum absolute atomic E-state index is 11.9. The minimum atomic E-state index is -3.80. The first-order chi connectivity index (χ1) is 9.97. The first-order valence-electron chi connectivity index (χ1n) is 5.87. The minimum Gasteiger partial charge on any atom is -0.307 e. The average molecular weight is 326 g/mol. The molecule has 6 nitrogen and oxygen atoms in total. The number of carbonyl (C=O) groups is 1. The van der Waals surface area contributed by atoms with Gasteiger partial charge in [-0.2, -0.15) is 0 Å². The molecular formula is C13H12ClN3O3S. The predicted molar refractivity (Wildman–Crippen MR) is 80.4 cm³/mol. The third-order valence-electron chi connectivity index (χ3n) is 2.45. The molecule has 0 aromatic heterocycles. The molecule has 2 rings (SSSR count). The summed E-state index contributed by atoms with van der Waals surface area (Å²) in [5.41, 5.74) is 2.55. The van der Waals surface area contributed by atoms with Crippen molar-refractivity contribution in [1.29, 1.82) is 0 Å². The lowest BCUT2D eigenvalue weighted by Gasteiger charge is -2.09. The molecule has 110 valence electrons. The van der Waals surface area contributed by atoms with Crippen molar-refractivity contribution in [1.82, 2.24) is 10.3 Å². The number of carbonyl (C=O) groups excluding carboxylic acids is 1. The van der Waals surface area contributed by atoms with Crippen molar-refractivity contribution in [2.45, 2.75) is 4.90 Å². The molecule has 0 fully saturated rings. The van der Waals surface area contributed by atoms with Gasteiger partial charge in [-0.15, -0.1) is 4.83 Å². The van der Waals surface area contributed by atoms with E-state index in [1.54, 1.807) is 42.5 Å². The lowest BCUT2D eigenvalue weighted by molar-refractivity contribution is 0.250. The molecule has 0 aliphatic rings. The second-order valence-electron chi connectivity index (χ2n) is 4.00. The zero-order chi connectivity index (χ0) is 15.3.